The van der Waals surface area contributed by atoms with Crippen molar-refractivity contribution in [1.29, 1.82) is 0 Å². The minimum atomic E-state index is -1.32. The molecular formula is C29H25BrN2O6S2. The number of nitrogens with one attached hydrogen (secondary N) is 1. The number of carbonyl (C=O) groups excluding carboxylic acids is 4. The van der Waals surface area contributed by atoms with Crippen LogP contribution in [0, 0.1) is 0 Å². The van der Waals surface area contributed by atoms with Gasteiger partial charge in [0.1, 0.15) is 18.0 Å². The number of amides is 2. The normalized spacial score (nSPS) is 19.8. The molecule has 1 N–H and O–H groups in total. The average molecular weight is 642 g/mol. The van der Waals surface area contributed by atoms with Crippen LogP contribution in [0.25, 0.3) is 0 Å². The molecule has 1 fully saturated rings. The molecule has 8 nitrogen and oxygen atoms in total. The monoisotopic (exact) mass is 640 g/mol. The fraction of sp³-hybridized carbons (Fsp3) is 0.241. The van der Waals surface area contributed by atoms with Crippen molar-refractivity contribution < 1.29 is 28.7 Å². The molecule has 0 aliphatic carbocycles. The highest BCUT2D eigenvalue weighted by Crippen LogP contribution is 2.41. The summed E-state index contributed by atoms with van der Waals surface area (Å²) >= 11 is 5.90. The summed E-state index contributed by atoms with van der Waals surface area (Å²) in [6, 6.07) is 18.2. The lowest BCUT2D eigenvalue weighted by Gasteiger charge is -2.51. The van der Waals surface area contributed by atoms with Gasteiger partial charge in [0.05, 0.1) is 12.0 Å². The van der Waals surface area contributed by atoms with Crippen LogP contribution in [0.3, 0.4) is 0 Å². The second-order valence-corrected chi connectivity index (χ2v) is 11.6. The number of carbonyl (C=O) groups is 4. The predicted molar refractivity (Wildman–Crippen MR) is 156 cm³/mol. The van der Waals surface area contributed by atoms with Crippen molar-refractivity contribution in [1.82, 2.24) is 10.2 Å². The van der Waals surface area contributed by atoms with Crippen LogP contribution in [-0.2, 0) is 35.1 Å². The number of hydrogen-bond acceptors (Lipinski definition) is 8. The van der Waals surface area contributed by atoms with Crippen molar-refractivity contribution in [3.05, 3.63) is 105 Å². The molecule has 40 heavy (non-hydrogen) atoms. The SMILES string of the molecule is O=C(Cc1ccsc1)NC1C(=O)N2C(C(=O)OC(c3ccccc3)c3ccccc3)C(C(=O)OCCBr)=CS[C@H]12. The van der Waals surface area contributed by atoms with E-state index in [0.29, 0.717) is 5.33 Å². The lowest BCUT2D eigenvalue weighted by molar-refractivity contribution is -0.167. The molecule has 0 bridgehead atoms. The summed E-state index contributed by atoms with van der Waals surface area (Å²) in [5, 5.41) is 7.92. The molecule has 2 aliphatic rings. The lowest BCUT2D eigenvalue weighted by Crippen LogP contribution is -2.74. The van der Waals surface area contributed by atoms with Crippen LogP contribution in [0.15, 0.2) is 88.5 Å². The van der Waals surface area contributed by atoms with Crippen LogP contribution >= 0.6 is 39.0 Å². The van der Waals surface area contributed by atoms with Crippen LogP contribution in [0.2, 0.25) is 0 Å². The zero-order valence-electron chi connectivity index (χ0n) is 21.1. The Kier molecular flexibility index (Phi) is 9.03. The van der Waals surface area contributed by atoms with Crippen molar-refractivity contribution in [3.8, 4) is 0 Å². The second kappa shape index (κ2) is 12.8. The Bertz CT molecular complexity index is 1360. The molecule has 11 heteroatoms. The van der Waals surface area contributed by atoms with Crippen molar-refractivity contribution in [3.63, 3.8) is 0 Å². The topological polar surface area (TPSA) is 102 Å². The average Bonchev–Trinajstić information content (AvgIpc) is 3.50. The number of ether oxygens (including phenoxy) is 2. The molecule has 2 aliphatic heterocycles. The number of hydrogen-bond donors (Lipinski definition) is 1. The first-order valence-corrected chi connectivity index (χ1v) is 15.5. The molecule has 0 radical (unpaired) electrons. The Morgan fingerprint density at radius 1 is 1.00 bits per heavy atom. The molecule has 206 valence electrons. The summed E-state index contributed by atoms with van der Waals surface area (Å²) in [5.74, 6) is -2.23. The van der Waals surface area contributed by atoms with Gasteiger partial charge in [-0.15, -0.1) is 11.8 Å². The van der Waals surface area contributed by atoms with Gasteiger partial charge in [-0.2, -0.15) is 11.3 Å². The lowest BCUT2D eigenvalue weighted by atomic mass is 9.97. The molecule has 1 saturated heterocycles. The number of fused-ring (bicyclic) bond motifs is 1. The number of thioether (sulfide) groups is 1. The molecule has 5 rings (SSSR count). The van der Waals surface area contributed by atoms with Crippen molar-refractivity contribution in [2.24, 2.45) is 0 Å². The van der Waals surface area contributed by atoms with Gasteiger partial charge in [0.2, 0.25) is 11.8 Å². The van der Waals surface area contributed by atoms with Crippen LogP contribution in [0.4, 0.5) is 0 Å². The molecule has 1 aromatic heterocycles. The van der Waals surface area contributed by atoms with E-state index in [1.165, 1.54) is 33.4 Å². The molecular weight excluding hydrogens is 616 g/mol. The third kappa shape index (κ3) is 6.01. The number of esters is 2. The fourth-order valence-electron chi connectivity index (χ4n) is 4.58. The van der Waals surface area contributed by atoms with Crippen LogP contribution in [0.5, 0.6) is 0 Å². The highest BCUT2D eigenvalue weighted by molar-refractivity contribution is 9.09. The number of benzene rings is 2. The first kappa shape index (κ1) is 28.1. The minimum absolute atomic E-state index is 0.0171. The third-order valence-electron chi connectivity index (χ3n) is 6.46. The first-order valence-electron chi connectivity index (χ1n) is 12.5. The van der Waals surface area contributed by atoms with E-state index in [1.807, 2.05) is 77.5 Å². The van der Waals surface area contributed by atoms with Crippen LogP contribution in [0.1, 0.15) is 22.8 Å². The summed E-state index contributed by atoms with van der Waals surface area (Å²) in [6.07, 6.45) is -0.619. The maximum atomic E-state index is 13.9. The molecule has 3 atom stereocenters. The van der Waals surface area contributed by atoms with Gasteiger partial charge in [0.25, 0.3) is 0 Å². The largest absolute Gasteiger partial charge is 0.461 e. The van der Waals surface area contributed by atoms with Gasteiger partial charge >= 0.3 is 11.9 Å². The molecule has 2 aromatic carbocycles. The number of alkyl halides is 1. The zero-order chi connectivity index (χ0) is 28.1. The van der Waals surface area contributed by atoms with E-state index in [0.717, 1.165) is 16.7 Å². The van der Waals surface area contributed by atoms with E-state index >= 15 is 0 Å². The third-order valence-corrected chi connectivity index (χ3v) is 8.68. The molecule has 0 spiro atoms. The van der Waals surface area contributed by atoms with Gasteiger partial charge in [-0.3, -0.25) is 9.59 Å². The van der Waals surface area contributed by atoms with Gasteiger partial charge in [-0.25, -0.2) is 9.59 Å². The van der Waals surface area contributed by atoms with Gasteiger partial charge in [-0.1, -0.05) is 76.6 Å². The number of β-lactam (4-membered cyclic amide) rings is 1. The summed E-state index contributed by atoms with van der Waals surface area (Å²) in [5.41, 5.74) is 2.35. The van der Waals surface area contributed by atoms with Crippen LogP contribution in [-0.4, -0.2) is 58.0 Å². The second-order valence-electron chi connectivity index (χ2n) is 9.06. The predicted octanol–water partition coefficient (Wildman–Crippen LogP) is 4.21. The quantitative estimate of drug-likeness (QED) is 0.201. The van der Waals surface area contributed by atoms with Gasteiger partial charge in [0, 0.05) is 5.33 Å². The van der Waals surface area contributed by atoms with Crippen LogP contribution < -0.4 is 5.32 Å². The van der Waals surface area contributed by atoms with E-state index in [-0.39, 0.29) is 24.5 Å². The number of halogens is 1. The number of rotatable bonds is 10. The Morgan fingerprint density at radius 3 is 2.27 bits per heavy atom. The molecule has 2 amide bonds. The van der Waals surface area contributed by atoms with E-state index in [9.17, 15) is 19.2 Å². The maximum absolute atomic E-state index is 13.9. The maximum Gasteiger partial charge on any atom is 0.337 e. The molecule has 0 saturated carbocycles. The van der Waals surface area contributed by atoms with Crippen molar-refractivity contribution >= 4 is 62.8 Å². The van der Waals surface area contributed by atoms with Gasteiger partial charge in [0.15, 0.2) is 12.1 Å². The van der Waals surface area contributed by atoms with E-state index in [4.69, 9.17) is 9.47 Å². The molecule has 3 heterocycles. The molecule has 3 aromatic rings. The van der Waals surface area contributed by atoms with E-state index in [1.54, 1.807) is 0 Å². The first-order chi connectivity index (χ1) is 19.5. The Hall–Kier alpha value is -3.41. The minimum Gasteiger partial charge on any atom is -0.461 e. The van der Waals surface area contributed by atoms with Crippen molar-refractivity contribution in [2.45, 2.75) is 30.0 Å². The number of nitrogens with zero attached hydrogens (tertiary/aromatic N) is 1. The van der Waals surface area contributed by atoms with E-state index < -0.39 is 41.4 Å². The summed E-state index contributed by atoms with van der Waals surface area (Å²) in [7, 11) is 0. The number of thiophene rings is 1. The van der Waals surface area contributed by atoms with E-state index in [2.05, 4.69) is 21.2 Å². The highest BCUT2D eigenvalue weighted by atomic mass is 79.9. The summed E-state index contributed by atoms with van der Waals surface area (Å²) in [6.45, 7) is 0.0951. The Balaban J connectivity index is 1.40. The molecule has 2 unspecified atom stereocenters. The van der Waals surface area contributed by atoms with Gasteiger partial charge < -0.3 is 19.7 Å². The highest BCUT2D eigenvalue weighted by Gasteiger charge is 2.57. The zero-order valence-corrected chi connectivity index (χ0v) is 24.3. The standard InChI is InChI=1S/C29H25BrN2O6S2/c30-12-13-37-28(35)21-17-40-27-23(31-22(33)15-18-11-14-39-16-18)26(34)32(27)24(21)29(36)38-25(19-7-3-1-4-8-19)20-9-5-2-6-10-20/h1-11,14,16-17,23-25,27H,12-13,15H2,(H,31,33)/t23?,24?,27-/m1/s1. The van der Waals surface area contributed by atoms with Crippen molar-refractivity contribution in [2.75, 3.05) is 11.9 Å². The smallest absolute Gasteiger partial charge is 0.337 e. The Labute approximate surface area is 247 Å². The summed E-state index contributed by atoms with van der Waals surface area (Å²) < 4.78 is 11.3. The summed E-state index contributed by atoms with van der Waals surface area (Å²) in [4.78, 5) is 54.1. The Morgan fingerprint density at radius 2 is 1.68 bits per heavy atom. The fourth-order valence-corrected chi connectivity index (χ4v) is 6.62. The van der Waals surface area contributed by atoms with Gasteiger partial charge in [-0.05, 0) is 38.9 Å².